The molecule has 3 aliphatic rings. The van der Waals surface area contributed by atoms with Crippen LogP contribution in [0, 0.1) is 11.3 Å². The van der Waals surface area contributed by atoms with E-state index in [0.29, 0.717) is 25.9 Å². The van der Waals surface area contributed by atoms with Crippen molar-refractivity contribution < 1.29 is 28.4 Å². The van der Waals surface area contributed by atoms with E-state index in [0.717, 1.165) is 25.9 Å². The Morgan fingerprint density at radius 1 is 1.22 bits per heavy atom. The first-order chi connectivity index (χ1) is 12.6. The molecular formula is C15H29BN4O6S. The van der Waals surface area contributed by atoms with Crippen LogP contribution in [0.5, 0.6) is 0 Å². The number of nitrogens with one attached hydrogen (secondary N) is 1. The first-order valence-electron chi connectivity index (χ1n) is 9.43. The zero-order valence-electron chi connectivity index (χ0n) is 15.4. The van der Waals surface area contributed by atoms with Crippen molar-refractivity contribution in [3.63, 3.8) is 0 Å². The number of carboxylic acids is 1. The molecule has 3 saturated heterocycles. The van der Waals surface area contributed by atoms with E-state index in [1.54, 1.807) is 0 Å². The number of hydrogen-bond donors (Lipinski definition) is 5. The molecule has 0 aromatic heterocycles. The molecule has 6 N–H and O–H groups in total. The minimum atomic E-state index is -3.77. The fraction of sp³-hybridized carbons (Fsp3) is 0.933. The van der Waals surface area contributed by atoms with Crippen LogP contribution in [0.1, 0.15) is 25.7 Å². The summed E-state index contributed by atoms with van der Waals surface area (Å²) in [5.74, 6) is -1.80. The van der Waals surface area contributed by atoms with Gasteiger partial charge in [-0.05, 0) is 31.0 Å². The van der Waals surface area contributed by atoms with Gasteiger partial charge in [0.05, 0.1) is 0 Å². The molecule has 2 atom stereocenters. The second-order valence-corrected chi connectivity index (χ2v) is 10.2. The highest BCUT2D eigenvalue weighted by molar-refractivity contribution is 7.86. The summed E-state index contributed by atoms with van der Waals surface area (Å²) in [6, 6.07) is 0. The third-order valence-corrected chi connectivity index (χ3v) is 8.39. The lowest BCUT2D eigenvalue weighted by Crippen LogP contribution is -2.60. The summed E-state index contributed by atoms with van der Waals surface area (Å²) >= 11 is 0. The van der Waals surface area contributed by atoms with Crippen molar-refractivity contribution in [1.29, 1.82) is 0 Å². The Hall–Kier alpha value is -0.755. The van der Waals surface area contributed by atoms with Crippen LogP contribution in [0.15, 0.2) is 0 Å². The van der Waals surface area contributed by atoms with Crippen molar-refractivity contribution in [3.8, 4) is 0 Å². The van der Waals surface area contributed by atoms with E-state index in [1.165, 1.54) is 8.61 Å². The van der Waals surface area contributed by atoms with Crippen molar-refractivity contribution in [1.82, 2.24) is 13.9 Å². The van der Waals surface area contributed by atoms with Gasteiger partial charge in [0.25, 0.3) is 10.2 Å². The van der Waals surface area contributed by atoms with Crippen LogP contribution in [0.2, 0.25) is 6.32 Å². The van der Waals surface area contributed by atoms with E-state index in [9.17, 15) is 18.3 Å². The maximum atomic E-state index is 13.1. The number of nitrogens with zero attached hydrogens (tertiary/aromatic N) is 2. The normalized spacial score (nSPS) is 31.7. The van der Waals surface area contributed by atoms with Crippen molar-refractivity contribution in [2.24, 2.45) is 17.1 Å². The summed E-state index contributed by atoms with van der Waals surface area (Å²) < 4.78 is 28.7. The molecule has 0 unspecified atom stereocenters. The molecule has 154 valence electrons. The molecule has 0 saturated carbocycles. The minimum Gasteiger partial charge on any atom is -0.480 e. The van der Waals surface area contributed by atoms with Gasteiger partial charge in [-0.2, -0.15) is 17.0 Å². The van der Waals surface area contributed by atoms with Crippen LogP contribution in [0.25, 0.3) is 0 Å². The molecule has 0 radical (unpaired) electrons. The van der Waals surface area contributed by atoms with Crippen molar-refractivity contribution in [2.45, 2.75) is 37.5 Å². The Morgan fingerprint density at radius 3 is 2.33 bits per heavy atom. The average molecular weight is 404 g/mol. The Labute approximate surface area is 160 Å². The van der Waals surface area contributed by atoms with Gasteiger partial charge >= 0.3 is 13.1 Å². The fourth-order valence-corrected chi connectivity index (χ4v) is 6.11. The molecular weight excluding hydrogens is 375 g/mol. The van der Waals surface area contributed by atoms with Gasteiger partial charge in [-0.3, -0.25) is 4.79 Å². The molecule has 10 nitrogen and oxygen atoms in total. The number of hydrogen-bond acceptors (Lipinski definition) is 7. The zero-order chi connectivity index (χ0) is 19.9. The summed E-state index contributed by atoms with van der Waals surface area (Å²) in [7, 11) is -5.24. The van der Waals surface area contributed by atoms with Crippen molar-refractivity contribution in [2.75, 3.05) is 39.3 Å². The highest BCUT2D eigenvalue weighted by atomic mass is 32.2. The molecule has 0 amide bonds. The maximum absolute atomic E-state index is 13.1. The van der Waals surface area contributed by atoms with Crippen LogP contribution in [-0.2, 0) is 15.0 Å². The van der Waals surface area contributed by atoms with Gasteiger partial charge in [0.2, 0.25) is 0 Å². The number of piperidine rings is 1. The highest BCUT2D eigenvalue weighted by Gasteiger charge is 2.54. The molecule has 12 heteroatoms. The van der Waals surface area contributed by atoms with E-state index in [4.69, 9.17) is 15.8 Å². The quantitative estimate of drug-likeness (QED) is 0.302. The van der Waals surface area contributed by atoms with Gasteiger partial charge in [0.1, 0.15) is 5.54 Å². The summed E-state index contributed by atoms with van der Waals surface area (Å²) in [4.78, 5) is 11.7. The molecule has 27 heavy (non-hydrogen) atoms. The van der Waals surface area contributed by atoms with Crippen LogP contribution in [0.3, 0.4) is 0 Å². The first kappa shape index (κ1) is 21.0. The predicted molar refractivity (Wildman–Crippen MR) is 98.9 cm³/mol. The lowest BCUT2D eigenvalue weighted by Gasteiger charge is -2.48. The Kier molecular flexibility index (Phi) is 5.89. The van der Waals surface area contributed by atoms with Crippen LogP contribution in [0.4, 0.5) is 0 Å². The number of carbonyl (C=O) groups is 1. The second-order valence-electron chi connectivity index (χ2n) is 8.26. The van der Waals surface area contributed by atoms with E-state index < -0.39 is 34.8 Å². The standard InChI is InChI=1S/C15H29BN4O6S/c17-15(13(21)22)11-20(8-12(15)2-1-5-16(23)24)27(25,26)19-6-3-14(4-7-19)9-18-10-14/h12,18,23-24H,1-11,17H2,(H,21,22)/t12-,15-/m0/s1. The number of nitrogens with two attached hydrogens (primary N) is 1. The predicted octanol–water partition coefficient (Wildman–Crippen LogP) is -2.12. The second kappa shape index (κ2) is 7.58. The fourth-order valence-electron chi connectivity index (χ4n) is 4.39. The molecule has 3 fully saturated rings. The van der Waals surface area contributed by atoms with Gasteiger partial charge in [0, 0.05) is 45.2 Å². The lowest BCUT2D eigenvalue weighted by molar-refractivity contribution is -0.144. The summed E-state index contributed by atoms with van der Waals surface area (Å²) in [6.45, 7) is 2.50. The highest BCUT2D eigenvalue weighted by Crippen LogP contribution is 2.38. The van der Waals surface area contributed by atoms with Crippen molar-refractivity contribution in [3.05, 3.63) is 0 Å². The van der Waals surface area contributed by atoms with E-state index >= 15 is 0 Å². The molecule has 0 aliphatic carbocycles. The monoisotopic (exact) mass is 404 g/mol. The van der Waals surface area contributed by atoms with E-state index in [1.807, 2.05) is 0 Å². The molecule has 0 aromatic rings. The van der Waals surface area contributed by atoms with Crippen LogP contribution < -0.4 is 11.1 Å². The molecule has 0 aromatic carbocycles. The summed E-state index contributed by atoms with van der Waals surface area (Å²) in [5, 5.41) is 30.8. The molecule has 0 bridgehead atoms. The Bertz CT molecular complexity index is 663. The van der Waals surface area contributed by atoms with Crippen molar-refractivity contribution >= 4 is 23.3 Å². The summed E-state index contributed by atoms with van der Waals surface area (Å²) in [6.07, 6.45) is 2.39. The lowest BCUT2D eigenvalue weighted by atomic mass is 9.74. The Balaban J connectivity index is 1.67. The SMILES string of the molecule is N[C@@]1(C(=O)O)CN(S(=O)(=O)N2CCC3(CC2)CNC3)C[C@@H]1CCCB(O)O. The van der Waals surface area contributed by atoms with Gasteiger partial charge in [-0.25, -0.2) is 0 Å². The van der Waals surface area contributed by atoms with Gasteiger partial charge in [0.15, 0.2) is 0 Å². The zero-order valence-corrected chi connectivity index (χ0v) is 16.2. The minimum absolute atomic E-state index is 0.0376. The number of carboxylic acid groups (broad SMARTS) is 1. The number of rotatable bonds is 7. The smallest absolute Gasteiger partial charge is 0.451 e. The molecule has 1 spiro atoms. The van der Waals surface area contributed by atoms with Gasteiger partial charge in [-0.1, -0.05) is 6.42 Å². The maximum Gasteiger partial charge on any atom is 0.451 e. The number of aliphatic carboxylic acids is 1. The van der Waals surface area contributed by atoms with Gasteiger partial charge in [-0.15, -0.1) is 0 Å². The van der Waals surface area contributed by atoms with Gasteiger partial charge < -0.3 is 26.2 Å². The third-order valence-electron chi connectivity index (χ3n) is 6.44. The Morgan fingerprint density at radius 2 is 1.85 bits per heavy atom. The van der Waals surface area contributed by atoms with Crippen LogP contribution in [-0.4, -0.2) is 90.1 Å². The third kappa shape index (κ3) is 4.02. The molecule has 3 heterocycles. The van der Waals surface area contributed by atoms with E-state index in [-0.39, 0.29) is 24.8 Å². The average Bonchev–Trinajstić information content (AvgIpc) is 2.92. The van der Waals surface area contributed by atoms with E-state index in [2.05, 4.69) is 5.32 Å². The topological polar surface area (TPSA) is 156 Å². The largest absolute Gasteiger partial charge is 0.480 e. The molecule has 3 rings (SSSR count). The summed E-state index contributed by atoms with van der Waals surface area (Å²) in [5.41, 5.74) is 4.64. The molecule has 3 aliphatic heterocycles. The van der Waals surface area contributed by atoms with Crippen LogP contribution >= 0.6 is 0 Å². The first-order valence-corrected chi connectivity index (χ1v) is 10.8.